The number of nitrogens with one attached hydrogen (secondary N) is 22. The summed E-state index contributed by atoms with van der Waals surface area (Å²) in [6.07, 6.45) is 1.03. The number of benzene rings is 3. The van der Waals surface area contributed by atoms with Crippen LogP contribution in [0.25, 0.3) is 10.9 Å². The van der Waals surface area contributed by atoms with Crippen LogP contribution in [0.3, 0.4) is 0 Å². The standard InChI is InChI=1S/C88H140N32O18S2/c89-34-6-3-18-57-73(126)113-62(20-5-8-36-91)82(135)120-42-14-25-69(120)81(134)117-65(44-50-28-32-53(122)33-29-50)77(130)112-60(22-11-39-104-86(97)98)71(124)110-58(19-4-7-35-90)75(128)118-67(79(132)114-63(83(136)137)24-13-40-105-87(99)100)47-139-140-48-68(80(133)115-64(43-49-26-30-52(121)31-27-49)76(129)111-61(72(125)109-57)23-12-41-106-88(101)138)119-78(131)66(45-51-46-107-56-17-2-1-15-54(51)56)116-74(127)59(21-10-38-103-85(95)96)108-70(123)55(92)16-9-37-102-84(93)94/h1-2,15,17,26-33,46,55,57-69,107,121-122H,3-14,16,18-25,34-45,47-48,89-92H2,(H,108,123)(H,109,125)(H,110,124)(H,111,129)(H,112,130)(H,113,126)(H,114,132)(H,115,133)(H,116,127)(H,117,134)(H,118,128)(H,119,131)(H,136,137)(H4,93,94,102)(H4,95,96,103)(H4,97,98,104)(H4,99,100,105)(H3,101,106,138)/t55-,57-,58-,59-,60-,61-,62+,63-,64-,65-,66-,67-,68-,69-/m0/s1. The van der Waals surface area contributed by atoms with Crippen molar-refractivity contribution in [2.75, 3.05) is 70.4 Å². The van der Waals surface area contributed by atoms with Gasteiger partial charge in [0.05, 0.1) is 6.04 Å². The van der Waals surface area contributed by atoms with E-state index in [2.05, 4.69) is 95.4 Å². The van der Waals surface area contributed by atoms with E-state index in [-0.39, 0.29) is 217 Å². The Balaban J connectivity index is 1.60. The number of nitrogens with zero attached hydrogens (tertiary/aromatic N) is 1. The normalized spacial score (nSPS) is 20.5. The molecule has 3 heterocycles. The number of rotatable bonds is 47. The SMILES string of the molecule is N=C(N)NCCC[C@H](NC(=O)[C@@H]1CSSC[C@H](NC(=O)[C@H](Cc2c[nH]c3ccccc23)NC(=O)[C@H](CCCNC(=N)N)NC(=O)[C@@H](N)CCCNC(=N)N)C(=O)N[C@@H](Cc2ccc(O)cc2)C(=O)N[C@@H](CCCNC(N)=O)C(=O)N[C@@H](CCCCN)C(=O)N[C@H](CCCCN)C(=O)N2CCC[C@H]2C(=O)N[C@@H](Cc2ccc(O)cc2)C(=O)N[C@@H](CCCNC(=N)N)C(=O)N[C@@H](CCCCN)C(=O)N1)C(=O)O. The maximum Gasteiger partial charge on any atom is 0.326 e. The van der Waals surface area contributed by atoms with Crippen molar-refractivity contribution in [2.45, 2.75) is 239 Å². The Labute approximate surface area is 818 Å². The fourth-order valence-electron chi connectivity index (χ4n) is 15.4. The van der Waals surface area contributed by atoms with Crippen molar-refractivity contribution in [3.63, 3.8) is 0 Å². The van der Waals surface area contributed by atoms with E-state index in [9.17, 15) is 29.7 Å². The molecule has 1 aromatic heterocycles. The van der Waals surface area contributed by atoms with Gasteiger partial charge in [-0.25, -0.2) is 9.59 Å². The van der Waals surface area contributed by atoms with E-state index in [1.54, 1.807) is 30.5 Å². The van der Waals surface area contributed by atoms with Gasteiger partial charge in [0.15, 0.2) is 23.8 Å². The van der Waals surface area contributed by atoms with Gasteiger partial charge in [-0.15, -0.1) is 0 Å². The zero-order valence-electron chi connectivity index (χ0n) is 78.3. The first-order valence-electron chi connectivity index (χ1n) is 46.6. The van der Waals surface area contributed by atoms with Gasteiger partial charge in [0.1, 0.15) is 90.0 Å². The number of phenols is 2. The molecule has 52 heteroatoms. The molecule has 2 saturated heterocycles. The molecule has 0 aliphatic carbocycles. The number of hydrogen-bond acceptors (Lipinski definition) is 27. The molecule has 0 saturated carbocycles. The summed E-state index contributed by atoms with van der Waals surface area (Å²) in [7, 11) is 1.52. The molecule has 2 aliphatic rings. The number of H-pyrrole nitrogens is 1. The van der Waals surface area contributed by atoms with Gasteiger partial charge in [0, 0.05) is 87.1 Å². The highest BCUT2D eigenvalue weighted by atomic mass is 33.1. The van der Waals surface area contributed by atoms with Crippen LogP contribution in [0, 0.1) is 21.6 Å². The van der Waals surface area contributed by atoms with Gasteiger partial charge in [-0.2, -0.15) is 0 Å². The molecule has 0 spiro atoms. The molecule has 3 aromatic carbocycles. The van der Waals surface area contributed by atoms with Crippen LogP contribution in [0.4, 0.5) is 4.79 Å². The number of para-hydroxylation sites is 1. The van der Waals surface area contributed by atoms with Crippen LogP contribution in [0.2, 0.25) is 0 Å². The first-order chi connectivity index (χ1) is 66.9. The molecule has 0 radical (unpaired) electrons. The maximum absolute atomic E-state index is 16.0. The average Bonchev–Trinajstić information content (AvgIpc) is 1.66. The number of carboxylic acids is 1. The molecule has 4 aromatic rings. The number of hydrogen-bond donors (Lipinski definition) is 34. The van der Waals surface area contributed by atoms with Crippen LogP contribution in [0.5, 0.6) is 11.5 Å². The number of guanidine groups is 4. The number of aromatic hydroxyl groups is 2. The number of aromatic nitrogens is 1. The van der Waals surface area contributed by atoms with Crippen molar-refractivity contribution < 1.29 is 87.2 Å². The molecule has 14 atom stereocenters. The summed E-state index contributed by atoms with van der Waals surface area (Å²) in [5, 5.41) is 108. The van der Waals surface area contributed by atoms with Crippen molar-refractivity contribution >= 4 is 145 Å². The lowest BCUT2D eigenvalue weighted by Crippen LogP contribution is -2.61. The highest BCUT2D eigenvalue weighted by Crippen LogP contribution is 2.27. The first-order valence-corrected chi connectivity index (χ1v) is 49.1. The number of primary amides is 1. The Morgan fingerprint density at radius 1 is 0.443 bits per heavy atom. The Kier molecular flexibility index (Phi) is 50.6. The monoisotopic (exact) mass is 2000 g/mol. The zero-order chi connectivity index (χ0) is 103. The average molecular weight is 2000 g/mol. The number of aromatic amines is 1. The fourth-order valence-corrected chi connectivity index (χ4v) is 17.7. The van der Waals surface area contributed by atoms with Crippen LogP contribution in [-0.2, 0) is 86.4 Å². The van der Waals surface area contributed by atoms with Crippen LogP contribution >= 0.6 is 21.6 Å². The predicted octanol–water partition coefficient (Wildman–Crippen LogP) is -5.89. The molecule has 2 aliphatic heterocycles. The molecular formula is C88H140N32O18S2. The molecule has 772 valence electrons. The largest absolute Gasteiger partial charge is 0.508 e. The van der Waals surface area contributed by atoms with E-state index in [1.807, 2.05) is 0 Å². The Bertz CT molecular complexity index is 4810. The second-order valence-electron chi connectivity index (χ2n) is 34.0. The number of nitrogens with two attached hydrogens (primary N) is 9. The van der Waals surface area contributed by atoms with Gasteiger partial charge in [-0.3, -0.25) is 84.0 Å². The maximum atomic E-state index is 16.0. The number of unbranched alkanes of at least 4 members (excludes halogenated alkanes) is 3. The van der Waals surface area contributed by atoms with Gasteiger partial charge in [0.2, 0.25) is 76.8 Å². The third-order valence-corrected chi connectivity index (χ3v) is 25.3. The van der Waals surface area contributed by atoms with Gasteiger partial charge in [0.25, 0.3) is 0 Å². The number of carbonyl (C=O) groups excluding carboxylic acids is 14. The third kappa shape index (κ3) is 41.5. The number of urea groups is 1. The molecule has 50 nitrogen and oxygen atoms in total. The van der Waals surface area contributed by atoms with Gasteiger partial charge >= 0.3 is 12.0 Å². The third-order valence-electron chi connectivity index (χ3n) is 22.9. The topological polar surface area (TPSA) is 870 Å². The van der Waals surface area contributed by atoms with E-state index >= 15 is 57.5 Å². The van der Waals surface area contributed by atoms with Crippen molar-refractivity contribution in [1.82, 2.24) is 100 Å². The number of fused-ring (bicyclic) bond motifs is 2. The lowest BCUT2D eigenvalue weighted by Gasteiger charge is -2.31. The molecule has 6 rings (SSSR count). The highest BCUT2D eigenvalue weighted by Gasteiger charge is 2.43. The van der Waals surface area contributed by atoms with E-state index in [1.165, 1.54) is 53.4 Å². The molecule has 0 unspecified atom stereocenters. The first kappa shape index (κ1) is 115. The molecular weight excluding hydrogens is 1860 g/mol. The summed E-state index contributed by atoms with van der Waals surface area (Å²) in [6, 6.07) is -5.44. The molecule has 0 bridgehead atoms. The number of carboxylic acid groups (broad SMARTS) is 1. The van der Waals surface area contributed by atoms with E-state index in [4.69, 9.17) is 73.2 Å². The second-order valence-corrected chi connectivity index (χ2v) is 36.5. The Morgan fingerprint density at radius 2 is 0.857 bits per heavy atom. The number of amides is 15. The predicted molar refractivity (Wildman–Crippen MR) is 526 cm³/mol. The van der Waals surface area contributed by atoms with Crippen LogP contribution in [0.15, 0.2) is 79.0 Å². The lowest BCUT2D eigenvalue weighted by molar-refractivity contribution is -0.142. The minimum absolute atomic E-state index is 0.000296. The quantitative estimate of drug-likeness (QED) is 0.00848. The molecule has 15 amide bonds. The minimum Gasteiger partial charge on any atom is -0.508 e. The summed E-state index contributed by atoms with van der Waals surface area (Å²) in [6.45, 7) is 0.241. The van der Waals surface area contributed by atoms with Crippen molar-refractivity contribution in [3.8, 4) is 11.5 Å². The second kappa shape index (κ2) is 61.6. The summed E-state index contributed by atoms with van der Waals surface area (Å²) in [4.78, 5) is 228. The number of carbonyl (C=O) groups is 15. The lowest BCUT2D eigenvalue weighted by atomic mass is 10.0. The van der Waals surface area contributed by atoms with Gasteiger partial charge in [-0.05, 0) is 201 Å². The highest BCUT2D eigenvalue weighted by molar-refractivity contribution is 8.76. The van der Waals surface area contributed by atoms with E-state index in [0.29, 0.717) is 34.9 Å². The molecule has 140 heavy (non-hydrogen) atoms. The fraction of sp³-hybridized carbons (Fsp3) is 0.557. The summed E-state index contributed by atoms with van der Waals surface area (Å²) >= 11 is 0. The summed E-state index contributed by atoms with van der Waals surface area (Å²) < 4.78 is 0. The Morgan fingerprint density at radius 3 is 1.34 bits per heavy atom. The minimum atomic E-state index is -1.89. The van der Waals surface area contributed by atoms with Gasteiger partial charge < -0.3 is 167 Å². The summed E-state index contributed by atoms with van der Waals surface area (Å²) in [5.41, 5.74) is 53.7. The van der Waals surface area contributed by atoms with Crippen LogP contribution in [0.1, 0.15) is 152 Å². The van der Waals surface area contributed by atoms with Crippen LogP contribution < -0.4 is 142 Å². The van der Waals surface area contributed by atoms with E-state index in [0.717, 1.165) is 21.6 Å². The van der Waals surface area contributed by atoms with Crippen molar-refractivity contribution in [2.24, 2.45) is 51.6 Å². The smallest absolute Gasteiger partial charge is 0.326 e. The van der Waals surface area contributed by atoms with Crippen molar-refractivity contribution in [1.29, 1.82) is 21.6 Å². The summed E-state index contributed by atoms with van der Waals surface area (Å²) in [5.74, 6) is -17.5. The van der Waals surface area contributed by atoms with Crippen LogP contribution in [-0.4, -0.2) is 293 Å². The van der Waals surface area contributed by atoms with E-state index < -0.39 is 209 Å². The number of aliphatic carboxylic acids is 1. The Hall–Kier alpha value is -13.7. The molecule has 2 fully saturated rings. The number of phenolic OH excluding ortho intramolecular Hbond substituents is 2. The molecule has 43 N–H and O–H groups in total. The van der Waals surface area contributed by atoms with Crippen molar-refractivity contribution in [3.05, 3.63) is 95.7 Å². The van der Waals surface area contributed by atoms with Gasteiger partial charge in [-0.1, -0.05) is 64.1 Å². The zero-order valence-corrected chi connectivity index (χ0v) is 79.9.